The highest BCUT2D eigenvalue weighted by Crippen LogP contribution is 2.50. The maximum Gasteiger partial charge on any atom is 0.237 e. The molecule has 0 aromatic heterocycles. The van der Waals surface area contributed by atoms with Crippen molar-refractivity contribution in [1.29, 1.82) is 0 Å². The van der Waals surface area contributed by atoms with E-state index >= 15 is 0 Å². The van der Waals surface area contributed by atoms with Crippen molar-refractivity contribution in [2.45, 2.75) is 17.9 Å². The molecule has 1 amide bonds. The first kappa shape index (κ1) is 12.5. The quantitative estimate of drug-likeness (QED) is 0.844. The fourth-order valence-electron chi connectivity index (χ4n) is 3.69. The predicted molar refractivity (Wildman–Crippen MR) is 78.5 cm³/mol. The lowest BCUT2D eigenvalue weighted by Crippen LogP contribution is -2.39. The standard InChI is InChI=1S/C17H15FN2O/c18-12-5-3-4-11(10-12)15-17(8-9-19-15)13-6-1-2-7-14(13)20-16(17)21/h1-7,10,15,19H,8-9H2,(H,20,21)/t15-,17-/m1/s1. The molecule has 2 aromatic rings. The van der Waals surface area contributed by atoms with Crippen molar-refractivity contribution in [1.82, 2.24) is 5.32 Å². The molecule has 0 aliphatic carbocycles. The van der Waals surface area contributed by atoms with Gasteiger partial charge in [-0.2, -0.15) is 0 Å². The van der Waals surface area contributed by atoms with Gasteiger partial charge in [0.25, 0.3) is 0 Å². The van der Waals surface area contributed by atoms with E-state index in [1.165, 1.54) is 12.1 Å². The number of benzene rings is 2. The predicted octanol–water partition coefficient (Wildman–Crippen LogP) is 2.75. The Morgan fingerprint density at radius 3 is 2.86 bits per heavy atom. The number of nitrogens with one attached hydrogen (secondary N) is 2. The summed E-state index contributed by atoms with van der Waals surface area (Å²) in [4.78, 5) is 12.7. The van der Waals surface area contributed by atoms with E-state index in [9.17, 15) is 9.18 Å². The number of amides is 1. The Morgan fingerprint density at radius 1 is 1.14 bits per heavy atom. The highest BCUT2D eigenvalue weighted by molar-refractivity contribution is 6.07. The molecule has 2 aliphatic rings. The fourth-order valence-corrected chi connectivity index (χ4v) is 3.69. The lowest BCUT2D eigenvalue weighted by Gasteiger charge is -2.29. The monoisotopic (exact) mass is 282 g/mol. The van der Waals surface area contributed by atoms with Crippen LogP contribution in [0.5, 0.6) is 0 Å². The van der Waals surface area contributed by atoms with Gasteiger partial charge >= 0.3 is 0 Å². The third-order valence-electron chi connectivity index (χ3n) is 4.60. The van der Waals surface area contributed by atoms with E-state index in [0.717, 1.165) is 29.8 Å². The molecule has 3 nitrogen and oxygen atoms in total. The molecule has 2 atom stereocenters. The molecule has 2 N–H and O–H groups in total. The summed E-state index contributed by atoms with van der Waals surface area (Å²) in [7, 11) is 0. The van der Waals surface area contributed by atoms with Crippen molar-refractivity contribution in [2.24, 2.45) is 0 Å². The zero-order valence-electron chi connectivity index (χ0n) is 11.4. The first-order chi connectivity index (χ1) is 10.2. The van der Waals surface area contributed by atoms with Gasteiger partial charge in [-0.1, -0.05) is 30.3 Å². The normalized spacial score (nSPS) is 26.9. The number of hydrogen-bond acceptors (Lipinski definition) is 2. The molecule has 0 radical (unpaired) electrons. The van der Waals surface area contributed by atoms with Crippen molar-refractivity contribution in [3.05, 3.63) is 65.5 Å². The molecule has 2 aliphatic heterocycles. The summed E-state index contributed by atoms with van der Waals surface area (Å²) in [5, 5.41) is 6.35. The van der Waals surface area contributed by atoms with Crippen LogP contribution in [-0.4, -0.2) is 12.5 Å². The third kappa shape index (κ3) is 1.66. The number of fused-ring (bicyclic) bond motifs is 2. The van der Waals surface area contributed by atoms with E-state index in [0.29, 0.717) is 0 Å². The van der Waals surface area contributed by atoms with Gasteiger partial charge in [-0.3, -0.25) is 4.79 Å². The molecular weight excluding hydrogens is 267 g/mol. The molecule has 1 saturated heterocycles. The Balaban J connectivity index is 1.89. The van der Waals surface area contributed by atoms with Gasteiger partial charge in [-0.15, -0.1) is 0 Å². The van der Waals surface area contributed by atoms with Crippen LogP contribution in [0, 0.1) is 5.82 Å². The second-order valence-corrected chi connectivity index (χ2v) is 5.66. The molecule has 2 aromatic carbocycles. The molecular formula is C17H15FN2O. The molecule has 0 saturated carbocycles. The van der Waals surface area contributed by atoms with Crippen molar-refractivity contribution >= 4 is 11.6 Å². The van der Waals surface area contributed by atoms with Gasteiger partial charge in [0.2, 0.25) is 5.91 Å². The molecule has 0 unspecified atom stereocenters. The van der Waals surface area contributed by atoms with Gasteiger partial charge in [0.05, 0.1) is 11.5 Å². The SMILES string of the molecule is O=C1Nc2ccccc2[C@@]12CCN[C@@H]2c1cccc(F)c1. The molecule has 21 heavy (non-hydrogen) atoms. The van der Waals surface area contributed by atoms with E-state index in [4.69, 9.17) is 0 Å². The smallest absolute Gasteiger partial charge is 0.237 e. The zero-order valence-corrected chi connectivity index (χ0v) is 11.4. The molecule has 0 bridgehead atoms. The van der Waals surface area contributed by atoms with E-state index < -0.39 is 5.41 Å². The lowest BCUT2D eigenvalue weighted by atomic mass is 9.73. The summed E-state index contributed by atoms with van der Waals surface area (Å²) < 4.78 is 13.6. The largest absolute Gasteiger partial charge is 0.325 e. The minimum Gasteiger partial charge on any atom is -0.325 e. The topological polar surface area (TPSA) is 41.1 Å². The van der Waals surface area contributed by atoms with Crippen molar-refractivity contribution in [2.75, 3.05) is 11.9 Å². The van der Waals surface area contributed by atoms with Gasteiger partial charge in [-0.25, -0.2) is 4.39 Å². The van der Waals surface area contributed by atoms with Crippen LogP contribution in [0.3, 0.4) is 0 Å². The third-order valence-corrected chi connectivity index (χ3v) is 4.60. The average molecular weight is 282 g/mol. The van der Waals surface area contributed by atoms with Crippen LogP contribution in [0.1, 0.15) is 23.6 Å². The van der Waals surface area contributed by atoms with E-state index in [2.05, 4.69) is 10.6 Å². The second kappa shape index (κ2) is 4.40. The highest BCUT2D eigenvalue weighted by atomic mass is 19.1. The summed E-state index contributed by atoms with van der Waals surface area (Å²) in [6, 6.07) is 14.1. The fraction of sp³-hybridized carbons (Fsp3) is 0.235. The summed E-state index contributed by atoms with van der Waals surface area (Å²) in [6.45, 7) is 0.739. The summed E-state index contributed by atoms with van der Waals surface area (Å²) in [5.41, 5.74) is 2.06. The zero-order chi connectivity index (χ0) is 14.4. The molecule has 4 heteroatoms. The van der Waals surface area contributed by atoms with Crippen LogP contribution in [0.4, 0.5) is 10.1 Å². The van der Waals surface area contributed by atoms with Crippen LogP contribution in [0.15, 0.2) is 48.5 Å². The van der Waals surface area contributed by atoms with Crippen molar-refractivity contribution < 1.29 is 9.18 Å². The molecule has 1 spiro atoms. The van der Waals surface area contributed by atoms with Crippen molar-refractivity contribution in [3.8, 4) is 0 Å². The number of rotatable bonds is 1. The van der Waals surface area contributed by atoms with E-state index in [1.807, 2.05) is 30.3 Å². The Morgan fingerprint density at radius 2 is 2.00 bits per heavy atom. The van der Waals surface area contributed by atoms with Gasteiger partial charge in [0.15, 0.2) is 0 Å². The minimum atomic E-state index is -0.635. The Hall–Kier alpha value is -2.20. The average Bonchev–Trinajstić information content (AvgIpc) is 3.04. The van der Waals surface area contributed by atoms with Gasteiger partial charge in [0.1, 0.15) is 5.82 Å². The Labute approximate surface area is 122 Å². The van der Waals surface area contributed by atoms with Crippen LogP contribution in [0.25, 0.3) is 0 Å². The lowest BCUT2D eigenvalue weighted by molar-refractivity contribution is -0.121. The number of halogens is 1. The van der Waals surface area contributed by atoms with Crippen LogP contribution < -0.4 is 10.6 Å². The number of para-hydroxylation sites is 1. The van der Waals surface area contributed by atoms with E-state index in [1.54, 1.807) is 6.07 Å². The summed E-state index contributed by atoms with van der Waals surface area (Å²) in [5.74, 6) is -0.272. The van der Waals surface area contributed by atoms with Crippen molar-refractivity contribution in [3.63, 3.8) is 0 Å². The van der Waals surface area contributed by atoms with Gasteiger partial charge in [0, 0.05) is 5.69 Å². The minimum absolute atomic E-state index is 0.00274. The van der Waals surface area contributed by atoms with E-state index in [-0.39, 0.29) is 17.8 Å². The van der Waals surface area contributed by atoms with Crippen LogP contribution in [-0.2, 0) is 10.2 Å². The first-order valence-corrected chi connectivity index (χ1v) is 7.11. The number of anilines is 1. The molecule has 4 rings (SSSR count). The molecule has 1 fully saturated rings. The Bertz CT molecular complexity index is 730. The van der Waals surface area contributed by atoms with Gasteiger partial charge in [-0.05, 0) is 42.3 Å². The van der Waals surface area contributed by atoms with Crippen LogP contribution >= 0.6 is 0 Å². The van der Waals surface area contributed by atoms with Gasteiger partial charge < -0.3 is 10.6 Å². The molecule has 106 valence electrons. The molecule has 2 heterocycles. The highest BCUT2D eigenvalue weighted by Gasteiger charge is 2.55. The summed E-state index contributed by atoms with van der Waals surface area (Å²) in [6.07, 6.45) is 0.719. The maximum absolute atomic E-state index is 13.6. The van der Waals surface area contributed by atoms with Crippen LogP contribution in [0.2, 0.25) is 0 Å². The second-order valence-electron chi connectivity index (χ2n) is 5.66. The number of carbonyl (C=O) groups is 1. The first-order valence-electron chi connectivity index (χ1n) is 7.11. The maximum atomic E-state index is 13.6. The summed E-state index contributed by atoms with van der Waals surface area (Å²) >= 11 is 0. The number of carbonyl (C=O) groups excluding carboxylic acids is 1. The Kier molecular flexibility index (Phi) is 2.62. The number of hydrogen-bond donors (Lipinski definition) is 2.